The highest BCUT2D eigenvalue weighted by atomic mass is 32.2. The number of nitrogens with one attached hydrogen (secondary N) is 1. The number of nitrogens with two attached hydrogens (primary N) is 1. The number of sulfone groups is 1. The van der Waals surface area contributed by atoms with Crippen LogP contribution in [-0.2, 0) is 16.4 Å². The van der Waals surface area contributed by atoms with Gasteiger partial charge in [0.25, 0.3) is 5.91 Å². The van der Waals surface area contributed by atoms with Crippen LogP contribution in [0.3, 0.4) is 0 Å². The number of rotatable bonds is 4. The van der Waals surface area contributed by atoms with Gasteiger partial charge in [-0.15, -0.1) is 0 Å². The van der Waals surface area contributed by atoms with Crippen LogP contribution < -0.4 is 11.1 Å². The molecule has 9 heteroatoms. The minimum Gasteiger partial charge on any atom is -0.379 e. The first-order valence-corrected chi connectivity index (χ1v) is 7.42. The third-order valence-corrected chi connectivity index (χ3v) is 3.66. The van der Waals surface area contributed by atoms with Gasteiger partial charge in [0.1, 0.15) is 0 Å². The van der Waals surface area contributed by atoms with Gasteiger partial charge in [-0.1, -0.05) is 12.1 Å². The molecule has 0 fully saturated rings. The summed E-state index contributed by atoms with van der Waals surface area (Å²) < 4.78 is 26.9. The number of hydrogen-bond donors (Lipinski definition) is 2. The third kappa shape index (κ3) is 3.12. The second-order valence-electron chi connectivity index (χ2n) is 4.10. The Morgan fingerprint density at radius 1 is 1.30 bits per heavy atom. The first-order chi connectivity index (χ1) is 9.38. The molecule has 20 heavy (non-hydrogen) atoms. The molecule has 0 aliphatic heterocycles. The molecule has 1 aromatic heterocycles. The Labute approximate surface area is 114 Å². The number of anilines is 1. The van der Waals surface area contributed by atoms with Crippen LogP contribution >= 0.6 is 0 Å². The van der Waals surface area contributed by atoms with Crippen LogP contribution in [0.4, 0.5) is 5.82 Å². The van der Waals surface area contributed by atoms with Gasteiger partial charge in [-0.3, -0.25) is 4.79 Å². The average Bonchev–Trinajstić information content (AvgIpc) is 2.82. The van der Waals surface area contributed by atoms with Gasteiger partial charge in [0.15, 0.2) is 9.84 Å². The van der Waals surface area contributed by atoms with Crippen LogP contribution in [0.2, 0.25) is 0 Å². The van der Waals surface area contributed by atoms with Crippen LogP contribution in [-0.4, -0.2) is 30.9 Å². The largest absolute Gasteiger partial charge is 0.379 e. The van der Waals surface area contributed by atoms with E-state index in [1.165, 1.54) is 12.1 Å². The number of hydrogen-bond acceptors (Lipinski definition) is 7. The summed E-state index contributed by atoms with van der Waals surface area (Å²) >= 11 is 0. The van der Waals surface area contributed by atoms with Crippen molar-refractivity contribution < 1.29 is 17.8 Å². The van der Waals surface area contributed by atoms with E-state index in [1.54, 1.807) is 12.1 Å². The van der Waals surface area contributed by atoms with Gasteiger partial charge in [-0.25, -0.2) is 13.0 Å². The molecule has 0 bridgehead atoms. The zero-order valence-corrected chi connectivity index (χ0v) is 11.3. The van der Waals surface area contributed by atoms with Crippen LogP contribution in [0.25, 0.3) is 0 Å². The zero-order valence-electron chi connectivity index (χ0n) is 10.5. The fraction of sp³-hybridized carbons (Fsp3) is 0.182. The Hall–Kier alpha value is -2.42. The maximum Gasteiger partial charge on any atom is 0.277 e. The summed E-state index contributed by atoms with van der Waals surface area (Å²) in [6, 6.07) is 6.17. The number of nitrogen functional groups attached to an aromatic ring is 1. The van der Waals surface area contributed by atoms with E-state index in [9.17, 15) is 13.2 Å². The van der Waals surface area contributed by atoms with Crippen LogP contribution in [0.5, 0.6) is 0 Å². The standard InChI is InChI=1S/C11H12N4O4S/c1-20(17,18)8-4-2-7(3-5-8)6-13-11(16)9-10(12)15-19-14-9/h2-5H,6H2,1H3,(H2,12,15)(H,13,16). The van der Waals surface area contributed by atoms with Gasteiger partial charge in [0, 0.05) is 12.8 Å². The van der Waals surface area contributed by atoms with Crippen molar-refractivity contribution in [2.75, 3.05) is 12.0 Å². The number of aromatic nitrogens is 2. The van der Waals surface area contributed by atoms with E-state index in [-0.39, 0.29) is 23.0 Å². The Morgan fingerprint density at radius 2 is 1.95 bits per heavy atom. The molecule has 0 saturated carbocycles. The summed E-state index contributed by atoms with van der Waals surface area (Å²) in [5, 5.41) is 9.24. The Morgan fingerprint density at radius 3 is 2.45 bits per heavy atom. The maximum atomic E-state index is 11.7. The number of nitrogens with zero attached hydrogens (tertiary/aromatic N) is 2. The van der Waals surface area contributed by atoms with Gasteiger partial charge >= 0.3 is 0 Å². The lowest BCUT2D eigenvalue weighted by Gasteiger charge is -2.04. The number of carbonyl (C=O) groups excluding carboxylic acids is 1. The van der Waals surface area contributed by atoms with Gasteiger partial charge in [0.2, 0.25) is 11.5 Å². The van der Waals surface area contributed by atoms with E-state index in [4.69, 9.17) is 5.73 Å². The molecule has 0 aliphatic carbocycles. The number of carbonyl (C=O) groups is 1. The summed E-state index contributed by atoms with van der Waals surface area (Å²) in [5.41, 5.74) is 6.03. The van der Waals surface area contributed by atoms with Crippen molar-refractivity contribution in [1.29, 1.82) is 0 Å². The topological polar surface area (TPSA) is 128 Å². The summed E-state index contributed by atoms with van der Waals surface area (Å²) in [6.45, 7) is 0.204. The Bertz CT molecular complexity index is 721. The zero-order chi connectivity index (χ0) is 14.8. The molecule has 0 saturated heterocycles. The quantitative estimate of drug-likeness (QED) is 0.811. The Balaban J connectivity index is 2.02. The first-order valence-electron chi connectivity index (χ1n) is 5.53. The van der Waals surface area contributed by atoms with E-state index in [2.05, 4.69) is 20.3 Å². The molecule has 0 spiro atoms. The molecule has 0 radical (unpaired) electrons. The summed E-state index contributed by atoms with van der Waals surface area (Å²) in [5.74, 6) is -0.606. The molecular formula is C11H12N4O4S. The summed E-state index contributed by atoms with van der Waals surface area (Å²) in [4.78, 5) is 11.9. The van der Waals surface area contributed by atoms with Gasteiger partial charge in [0.05, 0.1) is 4.90 Å². The molecule has 0 aliphatic rings. The fourth-order valence-corrected chi connectivity index (χ4v) is 2.10. The maximum absolute atomic E-state index is 11.7. The van der Waals surface area contributed by atoms with Crippen molar-refractivity contribution >= 4 is 21.6 Å². The van der Waals surface area contributed by atoms with Crippen molar-refractivity contribution in [3.63, 3.8) is 0 Å². The number of amides is 1. The molecule has 0 atom stereocenters. The van der Waals surface area contributed by atoms with Gasteiger partial charge in [-0.2, -0.15) is 0 Å². The SMILES string of the molecule is CS(=O)(=O)c1ccc(CNC(=O)c2nonc2N)cc1. The minimum absolute atomic E-state index is 0.0854. The first kappa shape index (κ1) is 14.0. The highest BCUT2D eigenvalue weighted by Gasteiger charge is 2.15. The lowest BCUT2D eigenvalue weighted by Crippen LogP contribution is -2.24. The highest BCUT2D eigenvalue weighted by molar-refractivity contribution is 7.90. The molecular weight excluding hydrogens is 284 g/mol. The monoisotopic (exact) mass is 296 g/mol. The van der Waals surface area contributed by atoms with E-state index in [0.717, 1.165) is 11.8 Å². The van der Waals surface area contributed by atoms with E-state index < -0.39 is 15.7 Å². The molecule has 106 valence electrons. The molecule has 1 amide bonds. The highest BCUT2D eigenvalue weighted by Crippen LogP contribution is 2.10. The molecule has 2 rings (SSSR count). The molecule has 0 unspecified atom stereocenters. The minimum atomic E-state index is -3.23. The van der Waals surface area contributed by atoms with Crippen molar-refractivity contribution in [2.45, 2.75) is 11.4 Å². The van der Waals surface area contributed by atoms with Gasteiger partial charge < -0.3 is 11.1 Å². The second kappa shape index (κ2) is 5.29. The number of benzene rings is 1. The molecule has 1 aromatic carbocycles. The van der Waals surface area contributed by atoms with Crippen molar-refractivity contribution in [1.82, 2.24) is 15.6 Å². The smallest absolute Gasteiger partial charge is 0.277 e. The van der Waals surface area contributed by atoms with Crippen LogP contribution in [0, 0.1) is 0 Å². The van der Waals surface area contributed by atoms with Crippen molar-refractivity contribution in [3.05, 3.63) is 35.5 Å². The molecule has 8 nitrogen and oxygen atoms in total. The van der Waals surface area contributed by atoms with E-state index in [0.29, 0.717) is 0 Å². The van der Waals surface area contributed by atoms with Crippen molar-refractivity contribution in [2.24, 2.45) is 0 Å². The second-order valence-corrected chi connectivity index (χ2v) is 6.11. The van der Waals surface area contributed by atoms with E-state index >= 15 is 0 Å². The van der Waals surface area contributed by atoms with E-state index in [1.807, 2.05) is 0 Å². The lowest BCUT2D eigenvalue weighted by molar-refractivity contribution is 0.0941. The Kier molecular flexibility index (Phi) is 3.70. The molecule has 1 heterocycles. The third-order valence-electron chi connectivity index (χ3n) is 2.53. The van der Waals surface area contributed by atoms with Crippen LogP contribution in [0.15, 0.2) is 33.8 Å². The van der Waals surface area contributed by atoms with Crippen molar-refractivity contribution in [3.8, 4) is 0 Å². The predicted octanol–water partition coefficient (Wildman–Crippen LogP) is -0.0147. The van der Waals surface area contributed by atoms with Gasteiger partial charge in [-0.05, 0) is 28.0 Å². The predicted molar refractivity (Wildman–Crippen MR) is 69.4 cm³/mol. The molecule has 2 aromatic rings. The normalized spacial score (nSPS) is 11.2. The average molecular weight is 296 g/mol. The fourth-order valence-electron chi connectivity index (χ4n) is 1.47. The lowest BCUT2D eigenvalue weighted by atomic mass is 10.2. The summed E-state index contributed by atoms with van der Waals surface area (Å²) in [6.07, 6.45) is 1.13. The summed E-state index contributed by atoms with van der Waals surface area (Å²) in [7, 11) is -3.23. The molecule has 3 N–H and O–H groups in total. The van der Waals surface area contributed by atoms with Crippen LogP contribution in [0.1, 0.15) is 16.1 Å².